The van der Waals surface area contributed by atoms with Crippen molar-refractivity contribution in [2.45, 2.75) is 18.9 Å². The van der Waals surface area contributed by atoms with Crippen LogP contribution in [0, 0.1) is 11.7 Å². The Morgan fingerprint density at radius 2 is 2.04 bits per heavy atom. The maximum atomic E-state index is 13.2. The minimum Gasteiger partial charge on any atom is -0.341 e. The van der Waals surface area contributed by atoms with Crippen molar-refractivity contribution < 1.29 is 14.0 Å². The molecule has 0 bridgehead atoms. The molecule has 144 valence electrons. The van der Waals surface area contributed by atoms with Gasteiger partial charge in [0, 0.05) is 43.5 Å². The normalized spacial score (nSPS) is 16.2. The maximum absolute atomic E-state index is 13.2. The van der Waals surface area contributed by atoms with Crippen LogP contribution in [0.15, 0.2) is 36.7 Å². The Labute approximate surface area is 157 Å². The third-order valence-electron chi connectivity index (χ3n) is 4.86. The quantitative estimate of drug-likeness (QED) is 0.836. The highest BCUT2D eigenvalue weighted by molar-refractivity contribution is 5.92. The van der Waals surface area contributed by atoms with Gasteiger partial charge in [-0.25, -0.2) is 4.39 Å². The summed E-state index contributed by atoms with van der Waals surface area (Å²) < 4.78 is 14.9. The van der Waals surface area contributed by atoms with Crippen molar-refractivity contribution >= 4 is 17.5 Å². The Kier molecular flexibility index (Phi) is 5.85. The number of benzene rings is 1. The number of nitrogens with zero attached hydrogens (tertiary/aromatic N) is 3. The van der Waals surface area contributed by atoms with Gasteiger partial charge in [-0.15, -0.1) is 0 Å². The fourth-order valence-corrected chi connectivity index (χ4v) is 3.38. The van der Waals surface area contributed by atoms with Gasteiger partial charge in [0.25, 0.3) is 0 Å². The predicted octanol–water partition coefficient (Wildman–Crippen LogP) is 1.70. The lowest BCUT2D eigenvalue weighted by molar-refractivity contribution is -0.136. The number of carbonyl (C=O) groups excluding carboxylic acids is 2. The molecule has 7 nitrogen and oxygen atoms in total. The molecule has 0 spiro atoms. The first-order chi connectivity index (χ1) is 13.0. The first-order valence-corrected chi connectivity index (χ1v) is 8.99. The van der Waals surface area contributed by atoms with E-state index < -0.39 is 6.04 Å². The van der Waals surface area contributed by atoms with E-state index in [2.05, 4.69) is 15.7 Å². The van der Waals surface area contributed by atoms with Crippen LogP contribution >= 0.6 is 0 Å². The molecule has 8 heteroatoms. The van der Waals surface area contributed by atoms with E-state index in [1.54, 1.807) is 35.0 Å². The minimum atomic E-state index is -0.448. The second-order valence-corrected chi connectivity index (χ2v) is 6.77. The van der Waals surface area contributed by atoms with Crippen LogP contribution in [0.25, 0.3) is 0 Å². The van der Waals surface area contributed by atoms with Gasteiger partial charge in [0.2, 0.25) is 11.8 Å². The molecule has 2 aromatic rings. The van der Waals surface area contributed by atoms with Crippen LogP contribution in [0.2, 0.25) is 0 Å². The van der Waals surface area contributed by atoms with E-state index in [1.807, 2.05) is 13.2 Å². The average molecular weight is 373 g/mol. The van der Waals surface area contributed by atoms with Crippen molar-refractivity contribution in [3.63, 3.8) is 0 Å². The summed E-state index contributed by atoms with van der Waals surface area (Å²) in [5, 5.41) is 9.92. The number of likely N-dealkylation sites (N-methyl/N-ethyl adjacent to an activating group) is 1. The predicted molar refractivity (Wildman–Crippen MR) is 99.3 cm³/mol. The molecular formula is C19H24FN5O2. The van der Waals surface area contributed by atoms with Crippen LogP contribution in [-0.2, 0) is 16.6 Å². The number of aromatic nitrogens is 2. The molecule has 2 N–H and O–H groups in total. The third kappa shape index (κ3) is 4.51. The van der Waals surface area contributed by atoms with Gasteiger partial charge in [-0.3, -0.25) is 14.3 Å². The van der Waals surface area contributed by atoms with Gasteiger partial charge < -0.3 is 15.5 Å². The number of hydrogen-bond donors (Lipinski definition) is 2. The van der Waals surface area contributed by atoms with Gasteiger partial charge in [-0.05, 0) is 38.1 Å². The number of aryl methyl sites for hydroxylation is 1. The highest BCUT2D eigenvalue weighted by atomic mass is 19.1. The molecule has 2 amide bonds. The summed E-state index contributed by atoms with van der Waals surface area (Å²) in [4.78, 5) is 27.0. The lowest BCUT2D eigenvalue weighted by Crippen LogP contribution is -2.45. The maximum Gasteiger partial charge on any atom is 0.244 e. The summed E-state index contributed by atoms with van der Waals surface area (Å²) in [6, 6.07) is 5.40. The standard InChI is InChI=1S/C19H24FN5O2/c1-21-17(14-11-22-24(2)12-14)19(27)25-8-6-13(7-9-25)18(26)23-16-5-3-4-15(20)10-16/h3-5,10-13,17,21H,6-9H2,1-2H3,(H,23,26). The van der Waals surface area contributed by atoms with Crippen LogP contribution in [0.4, 0.5) is 10.1 Å². The van der Waals surface area contributed by atoms with E-state index in [0.29, 0.717) is 31.6 Å². The number of likely N-dealkylation sites (tertiary alicyclic amines) is 1. The van der Waals surface area contributed by atoms with E-state index in [9.17, 15) is 14.0 Å². The summed E-state index contributed by atoms with van der Waals surface area (Å²) in [6.45, 7) is 1.02. The monoisotopic (exact) mass is 373 g/mol. The van der Waals surface area contributed by atoms with Crippen LogP contribution < -0.4 is 10.6 Å². The first kappa shape index (κ1) is 19.0. The lowest BCUT2D eigenvalue weighted by atomic mass is 9.95. The number of rotatable bonds is 5. The van der Waals surface area contributed by atoms with Gasteiger partial charge in [0.05, 0.1) is 6.20 Å². The number of nitrogens with one attached hydrogen (secondary N) is 2. The first-order valence-electron chi connectivity index (χ1n) is 8.99. The van der Waals surface area contributed by atoms with E-state index in [1.165, 1.54) is 12.1 Å². The largest absolute Gasteiger partial charge is 0.341 e. The Morgan fingerprint density at radius 3 is 2.63 bits per heavy atom. The van der Waals surface area contributed by atoms with E-state index >= 15 is 0 Å². The van der Waals surface area contributed by atoms with Crippen molar-refractivity contribution in [2.24, 2.45) is 13.0 Å². The van der Waals surface area contributed by atoms with Crippen molar-refractivity contribution in [2.75, 3.05) is 25.5 Å². The molecule has 0 radical (unpaired) electrons. The number of halogens is 1. The molecule has 1 aliphatic rings. The van der Waals surface area contributed by atoms with E-state index in [0.717, 1.165) is 5.56 Å². The molecular weight excluding hydrogens is 349 g/mol. The van der Waals surface area contributed by atoms with Gasteiger partial charge in [0.1, 0.15) is 11.9 Å². The summed E-state index contributed by atoms with van der Waals surface area (Å²) in [7, 11) is 3.55. The zero-order valence-electron chi connectivity index (χ0n) is 15.5. The Bertz CT molecular complexity index is 814. The van der Waals surface area contributed by atoms with Crippen LogP contribution in [-0.4, -0.2) is 46.6 Å². The zero-order chi connectivity index (χ0) is 19.4. The fourth-order valence-electron chi connectivity index (χ4n) is 3.38. The second-order valence-electron chi connectivity index (χ2n) is 6.77. The lowest BCUT2D eigenvalue weighted by Gasteiger charge is -2.33. The van der Waals surface area contributed by atoms with Gasteiger partial charge in [0.15, 0.2) is 0 Å². The Balaban J connectivity index is 1.56. The van der Waals surface area contributed by atoms with Crippen molar-refractivity contribution in [1.29, 1.82) is 0 Å². The van der Waals surface area contributed by atoms with Gasteiger partial charge in [-0.2, -0.15) is 5.10 Å². The number of piperidine rings is 1. The van der Waals surface area contributed by atoms with E-state index in [-0.39, 0.29) is 23.5 Å². The topological polar surface area (TPSA) is 79.3 Å². The number of carbonyl (C=O) groups is 2. The molecule has 27 heavy (non-hydrogen) atoms. The van der Waals surface area contributed by atoms with E-state index in [4.69, 9.17) is 0 Å². The number of amides is 2. The second kappa shape index (κ2) is 8.30. The average Bonchev–Trinajstić information content (AvgIpc) is 3.08. The number of anilines is 1. The van der Waals surface area contributed by atoms with Crippen molar-refractivity contribution in [3.8, 4) is 0 Å². The Morgan fingerprint density at radius 1 is 1.30 bits per heavy atom. The van der Waals surface area contributed by atoms with Gasteiger partial charge >= 0.3 is 0 Å². The minimum absolute atomic E-state index is 0.0190. The molecule has 0 aliphatic carbocycles. The van der Waals surface area contributed by atoms with Crippen molar-refractivity contribution in [3.05, 3.63) is 48.0 Å². The summed E-state index contributed by atoms with van der Waals surface area (Å²) in [6.07, 6.45) is 4.66. The SMILES string of the molecule is CNC(C(=O)N1CCC(C(=O)Nc2cccc(F)c2)CC1)c1cnn(C)c1. The summed E-state index contributed by atoms with van der Waals surface area (Å²) in [5.74, 6) is -0.731. The molecule has 3 rings (SSSR count). The summed E-state index contributed by atoms with van der Waals surface area (Å²) >= 11 is 0. The molecule has 1 aliphatic heterocycles. The van der Waals surface area contributed by atoms with Crippen LogP contribution in [0.5, 0.6) is 0 Å². The van der Waals surface area contributed by atoms with Gasteiger partial charge in [-0.1, -0.05) is 6.07 Å². The molecule has 2 heterocycles. The fraction of sp³-hybridized carbons (Fsp3) is 0.421. The summed E-state index contributed by atoms with van der Waals surface area (Å²) in [5.41, 5.74) is 1.27. The molecule has 0 saturated carbocycles. The van der Waals surface area contributed by atoms with Crippen molar-refractivity contribution in [1.82, 2.24) is 20.0 Å². The highest BCUT2D eigenvalue weighted by Crippen LogP contribution is 2.23. The zero-order valence-corrected chi connectivity index (χ0v) is 15.5. The molecule has 1 fully saturated rings. The molecule has 1 atom stereocenters. The molecule has 1 saturated heterocycles. The smallest absolute Gasteiger partial charge is 0.244 e. The molecule has 1 unspecified atom stereocenters. The molecule has 1 aromatic carbocycles. The van der Waals surface area contributed by atoms with Crippen LogP contribution in [0.1, 0.15) is 24.4 Å². The number of hydrogen-bond acceptors (Lipinski definition) is 4. The third-order valence-corrected chi connectivity index (χ3v) is 4.86. The Hall–Kier alpha value is -2.74. The highest BCUT2D eigenvalue weighted by Gasteiger charge is 2.31. The van der Waals surface area contributed by atoms with Crippen LogP contribution in [0.3, 0.4) is 0 Å². The molecule has 1 aromatic heterocycles.